The summed E-state index contributed by atoms with van der Waals surface area (Å²) in [5.74, 6) is -1.57. The molecule has 0 heterocycles. The molecule has 4 nitrogen and oxygen atoms in total. The van der Waals surface area contributed by atoms with Gasteiger partial charge in [-0.05, 0) is 53.3 Å². The number of carboxylic acid groups (broad SMARTS) is 1. The van der Waals surface area contributed by atoms with E-state index in [1.54, 1.807) is 6.07 Å². The van der Waals surface area contributed by atoms with Crippen molar-refractivity contribution in [3.63, 3.8) is 0 Å². The summed E-state index contributed by atoms with van der Waals surface area (Å²) in [5.41, 5.74) is 5.18. The molecule has 4 aromatic rings. The first-order valence-electron chi connectivity index (χ1n) is 13.0. The first kappa shape index (κ1) is 28.4. The van der Waals surface area contributed by atoms with E-state index in [1.165, 1.54) is 0 Å². The van der Waals surface area contributed by atoms with Gasteiger partial charge in [0.05, 0.1) is 16.5 Å². The standard InChI is InChI=1S/C33H31Cl2NO3/c1-22(36-32(37)20-28(21-33(38)39)25-10-6-3-7-11-25)29(18-23-12-17-30(34)31(35)19-23)27-15-13-26(14-16-27)24-8-4-2-5-9-24/h2-17,19,22,28-29H,18,20-21H2,1H3,(H,36,37)(H,38,39)/t22?,28-,29?/m0/s1. The lowest BCUT2D eigenvalue weighted by Gasteiger charge is -2.27. The van der Waals surface area contributed by atoms with Gasteiger partial charge in [0.15, 0.2) is 0 Å². The molecule has 0 aliphatic heterocycles. The summed E-state index contributed by atoms with van der Waals surface area (Å²) in [4.78, 5) is 24.7. The third-order valence-electron chi connectivity index (χ3n) is 7.00. The molecule has 0 aliphatic carbocycles. The predicted octanol–water partition coefficient (Wildman–Crippen LogP) is 8.14. The van der Waals surface area contributed by atoms with Crippen LogP contribution in [0.2, 0.25) is 10.0 Å². The molecule has 3 atom stereocenters. The number of amides is 1. The van der Waals surface area contributed by atoms with Crippen molar-refractivity contribution in [1.82, 2.24) is 5.32 Å². The van der Waals surface area contributed by atoms with E-state index in [1.807, 2.05) is 67.6 Å². The summed E-state index contributed by atoms with van der Waals surface area (Å²) in [7, 11) is 0. The fourth-order valence-electron chi connectivity index (χ4n) is 4.94. The van der Waals surface area contributed by atoms with Crippen LogP contribution in [-0.4, -0.2) is 23.0 Å². The fraction of sp³-hybridized carbons (Fsp3) is 0.212. The number of aliphatic carboxylic acids is 1. The maximum absolute atomic E-state index is 13.2. The average molecular weight is 561 g/mol. The molecule has 0 bridgehead atoms. The Morgan fingerprint density at radius 1 is 0.744 bits per heavy atom. The molecular formula is C33H31Cl2NO3. The maximum atomic E-state index is 13.2. The molecule has 0 aliphatic rings. The summed E-state index contributed by atoms with van der Waals surface area (Å²) < 4.78 is 0. The second-order valence-corrected chi connectivity index (χ2v) is 10.6. The van der Waals surface area contributed by atoms with Gasteiger partial charge >= 0.3 is 5.97 Å². The fourth-order valence-corrected chi connectivity index (χ4v) is 5.26. The van der Waals surface area contributed by atoms with Gasteiger partial charge in [0, 0.05) is 24.3 Å². The highest BCUT2D eigenvalue weighted by Gasteiger charge is 2.25. The largest absolute Gasteiger partial charge is 0.481 e. The number of rotatable bonds is 11. The molecule has 200 valence electrons. The Morgan fingerprint density at radius 2 is 1.36 bits per heavy atom. The molecular weight excluding hydrogens is 529 g/mol. The third kappa shape index (κ3) is 7.95. The topological polar surface area (TPSA) is 66.4 Å². The number of nitrogens with one attached hydrogen (secondary N) is 1. The van der Waals surface area contributed by atoms with Crippen molar-refractivity contribution in [3.05, 3.63) is 130 Å². The van der Waals surface area contributed by atoms with Crippen molar-refractivity contribution in [1.29, 1.82) is 0 Å². The molecule has 0 aromatic heterocycles. The predicted molar refractivity (Wildman–Crippen MR) is 158 cm³/mol. The smallest absolute Gasteiger partial charge is 0.303 e. The lowest BCUT2D eigenvalue weighted by molar-refractivity contribution is -0.137. The molecule has 2 N–H and O–H groups in total. The van der Waals surface area contributed by atoms with Crippen LogP contribution in [0.15, 0.2) is 103 Å². The summed E-state index contributed by atoms with van der Waals surface area (Å²) in [6, 6.07) is 33.3. The van der Waals surface area contributed by atoms with Gasteiger partial charge in [-0.3, -0.25) is 9.59 Å². The summed E-state index contributed by atoms with van der Waals surface area (Å²) >= 11 is 12.4. The molecule has 6 heteroatoms. The summed E-state index contributed by atoms with van der Waals surface area (Å²) in [5, 5.41) is 13.6. The highest BCUT2D eigenvalue weighted by molar-refractivity contribution is 6.42. The third-order valence-corrected chi connectivity index (χ3v) is 7.74. The Bertz CT molecular complexity index is 1390. The zero-order valence-electron chi connectivity index (χ0n) is 21.7. The second kappa shape index (κ2) is 13.5. The van der Waals surface area contributed by atoms with Gasteiger partial charge in [0.25, 0.3) is 0 Å². The molecule has 39 heavy (non-hydrogen) atoms. The number of benzene rings is 4. The van der Waals surface area contributed by atoms with Gasteiger partial charge in [-0.25, -0.2) is 0 Å². The van der Waals surface area contributed by atoms with Crippen LogP contribution in [0.3, 0.4) is 0 Å². The monoisotopic (exact) mass is 559 g/mol. The number of halogens is 2. The minimum absolute atomic E-state index is 0.0503. The van der Waals surface area contributed by atoms with Gasteiger partial charge in [0.2, 0.25) is 5.91 Å². The van der Waals surface area contributed by atoms with Gasteiger partial charge in [-0.1, -0.05) is 114 Å². The van der Waals surface area contributed by atoms with E-state index in [-0.39, 0.29) is 30.7 Å². The van der Waals surface area contributed by atoms with Crippen LogP contribution in [0.1, 0.15) is 48.3 Å². The Morgan fingerprint density at radius 3 is 1.97 bits per heavy atom. The lowest BCUT2D eigenvalue weighted by Crippen LogP contribution is -2.38. The molecule has 2 unspecified atom stereocenters. The zero-order chi connectivity index (χ0) is 27.8. The van der Waals surface area contributed by atoms with Gasteiger partial charge in [-0.2, -0.15) is 0 Å². The normalized spacial score (nSPS) is 13.3. The molecule has 0 fully saturated rings. The van der Waals surface area contributed by atoms with Crippen LogP contribution in [0.4, 0.5) is 0 Å². The molecule has 0 saturated carbocycles. The van der Waals surface area contributed by atoms with Crippen LogP contribution in [0, 0.1) is 0 Å². The van der Waals surface area contributed by atoms with E-state index in [0.717, 1.165) is 27.8 Å². The number of carboxylic acids is 1. The Hall–Kier alpha value is -3.60. The Kier molecular flexibility index (Phi) is 9.80. The van der Waals surface area contributed by atoms with Crippen molar-refractivity contribution in [2.45, 2.75) is 44.1 Å². The number of hydrogen-bond donors (Lipinski definition) is 2. The van der Waals surface area contributed by atoms with Crippen molar-refractivity contribution < 1.29 is 14.7 Å². The summed E-state index contributed by atoms with van der Waals surface area (Å²) in [6.45, 7) is 1.99. The Labute approximate surface area is 239 Å². The van der Waals surface area contributed by atoms with Crippen molar-refractivity contribution in [2.24, 2.45) is 0 Å². The van der Waals surface area contributed by atoms with Crippen LogP contribution in [0.25, 0.3) is 11.1 Å². The molecule has 4 aromatic carbocycles. The van der Waals surface area contributed by atoms with Crippen LogP contribution in [0.5, 0.6) is 0 Å². The SMILES string of the molecule is CC(NC(=O)C[C@@H](CC(=O)O)c1ccccc1)C(Cc1ccc(Cl)c(Cl)c1)c1ccc(-c2ccccc2)cc1. The first-order valence-corrected chi connectivity index (χ1v) is 13.7. The first-order chi connectivity index (χ1) is 18.8. The number of carbonyl (C=O) groups excluding carboxylic acids is 1. The zero-order valence-corrected chi connectivity index (χ0v) is 23.2. The minimum atomic E-state index is -0.930. The highest BCUT2D eigenvalue weighted by atomic mass is 35.5. The van der Waals surface area contributed by atoms with Gasteiger partial charge in [0.1, 0.15) is 0 Å². The Balaban J connectivity index is 1.56. The molecule has 4 rings (SSSR count). The van der Waals surface area contributed by atoms with Crippen molar-refractivity contribution in [2.75, 3.05) is 0 Å². The van der Waals surface area contributed by atoms with Crippen molar-refractivity contribution in [3.8, 4) is 11.1 Å². The van der Waals surface area contributed by atoms with E-state index in [9.17, 15) is 14.7 Å². The lowest BCUT2D eigenvalue weighted by atomic mass is 9.85. The molecule has 0 radical (unpaired) electrons. The van der Waals surface area contributed by atoms with Crippen LogP contribution >= 0.6 is 23.2 Å². The summed E-state index contributed by atoms with van der Waals surface area (Å²) in [6.07, 6.45) is 0.618. The van der Waals surface area contributed by atoms with Crippen LogP contribution < -0.4 is 5.32 Å². The number of carbonyl (C=O) groups is 2. The van der Waals surface area contributed by atoms with Gasteiger partial charge in [-0.15, -0.1) is 0 Å². The van der Waals surface area contributed by atoms with E-state index >= 15 is 0 Å². The maximum Gasteiger partial charge on any atom is 0.303 e. The second-order valence-electron chi connectivity index (χ2n) is 9.81. The molecule has 1 amide bonds. The van der Waals surface area contributed by atoms with Crippen molar-refractivity contribution >= 4 is 35.1 Å². The van der Waals surface area contributed by atoms with Crippen LogP contribution in [-0.2, 0) is 16.0 Å². The minimum Gasteiger partial charge on any atom is -0.481 e. The quantitative estimate of drug-likeness (QED) is 0.195. The molecule has 0 saturated heterocycles. The number of hydrogen-bond acceptors (Lipinski definition) is 2. The van der Waals surface area contributed by atoms with E-state index < -0.39 is 11.9 Å². The van der Waals surface area contributed by atoms with E-state index in [2.05, 4.69) is 41.7 Å². The molecule has 0 spiro atoms. The average Bonchev–Trinajstić information content (AvgIpc) is 2.94. The van der Waals surface area contributed by atoms with E-state index in [0.29, 0.717) is 16.5 Å². The van der Waals surface area contributed by atoms with E-state index in [4.69, 9.17) is 23.2 Å². The van der Waals surface area contributed by atoms with Gasteiger partial charge < -0.3 is 10.4 Å². The highest BCUT2D eigenvalue weighted by Crippen LogP contribution is 2.31.